The zero-order valence-corrected chi connectivity index (χ0v) is 27.6. The summed E-state index contributed by atoms with van der Waals surface area (Å²) in [5.41, 5.74) is 0.744. The molecule has 12 heteroatoms. The molecule has 5 rings (SSSR count). The molecule has 0 heterocycles. The molecule has 1 unspecified atom stereocenters. The molecule has 5 aromatic rings. The van der Waals surface area contributed by atoms with Crippen LogP contribution in [0.3, 0.4) is 0 Å². The molecule has 0 fully saturated rings. The van der Waals surface area contributed by atoms with E-state index in [1.165, 1.54) is 24.3 Å². The molecule has 0 aliphatic rings. The molecular formula is C37H26Cl2F3N3O3S. The monoisotopic (exact) mass is 719 g/mol. The Kier molecular flexibility index (Phi) is 11.5. The molecule has 0 saturated heterocycles. The highest BCUT2D eigenvalue weighted by atomic mass is 35.5. The third-order valence-electron chi connectivity index (χ3n) is 6.93. The summed E-state index contributed by atoms with van der Waals surface area (Å²) in [7, 11) is 0. The van der Waals surface area contributed by atoms with E-state index in [2.05, 4.69) is 16.0 Å². The number of alkyl halides is 3. The molecule has 0 bridgehead atoms. The number of carbonyl (C=O) groups excluding carboxylic acids is 3. The number of hydrogen-bond donors (Lipinski definition) is 3. The highest BCUT2D eigenvalue weighted by Gasteiger charge is 2.31. The first-order valence-electron chi connectivity index (χ1n) is 14.6. The van der Waals surface area contributed by atoms with Gasteiger partial charge in [-0.2, -0.15) is 13.2 Å². The summed E-state index contributed by atoms with van der Waals surface area (Å²) in [6.07, 6.45) is -3.14. The largest absolute Gasteiger partial charge is 0.416 e. The van der Waals surface area contributed by atoms with E-state index in [0.29, 0.717) is 32.3 Å². The smallest absolute Gasteiger partial charge is 0.325 e. The Morgan fingerprint density at radius 3 is 2.04 bits per heavy atom. The van der Waals surface area contributed by atoms with E-state index in [9.17, 15) is 27.6 Å². The summed E-state index contributed by atoms with van der Waals surface area (Å²) in [5, 5.41) is 7.83. The molecule has 0 saturated carbocycles. The second-order valence-corrected chi connectivity index (χ2v) is 12.5. The molecule has 0 aliphatic carbocycles. The van der Waals surface area contributed by atoms with Crippen LogP contribution in [0.15, 0.2) is 138 Å². The van der Waals surface area contributed by atoms with Crippen molar-refractivity contribution in [3.8, 4) is 0 Å². The van der Waals surface area contributed by atoms with Crippen molar-refractivity contribution in [3.05, 3.63) is 165 Å². The normalized spacial score (nSPS) is 12.1. The number of hydrogen-bond acceptors (Lipinski definition) is 4. The van der Waals surface area contributed by atoms with E-state index >= 15 is 0 Å². The third-order valence-corrected chi connectivity index (χ3v) is 8.75. The van der Waals surface area contributed by atoms with Gasteiger partial charge in [0, 0.05) is 31.9 Å². The van der Waals surface area contributed by atoms with Gasteiger partial charge in [-0.1, -0.05) is 89.9 Å². The van der Waals surface area contributed by atoms with E-state index < -0.39 is 34.7 Å². The molecule has 1 atom stereocenters. The highest BCUT2D eigenvalue weighted by molar-refractivity contribution is 8.00. The van der Waals surface area contributed by atoms with Crippen LogP contribution < -0.4 is 16.0 Å². The number of halogens is 5. The molecule has 0 aromatic heterocycles. The van der Waals surface area contributed by atoms with Gasteiger partial charge in [0.1, 0.15) is 10.9 Å². The molecule has 3 amide bonds. The van der Waals surface area contributed by atoms with Crippen molar-refractivity contribution in [3.63, 3.8) is 0 Å². The molecule has 5 aromatic carbocycles. The number of anilines is 2. The van der Waals surface area contributed by atoms with Crippen molar-refractivity contribution in [2.45, 2.75) is 16.3 Å². The minimum absolute atomic E-state index is 0.0000254. The van der Waals surface area contributed by atoms with Crippen LogP contribution in [-0.2, 0) is 15.8 Å². The predicted molar refractivity (Wildman–Crippen MR) is 189 cm³/mol. The average Bonchev–Trinajstić information content (AvgIpc) is 3.08. The topological polar surface area (TPSA) is 87.3 Å². The van der Waals surface area contributed by atoms with Gasteiger partial charge in [-0.25, -0.2) is 0 Å². The maximum Gasteiger partial charge on any atom is 0.416 e. The number of thioether (sulfide) groups is 1. The lowest BCUT2D eigenvalue weighted by Gasteiger charge is -2.18. The van der Waals surface area contributed by atoms with Crippen LogP contribution in [0.4, 0.5) is 24.5 Å². The van der Waals surface area contributed by atoms with Crippen molar-refractivity contribution in [2.24, 2.45) is 0 Å². The molecule has 49 heavy (non-hydrogen) atoms. The number of rotatable bonds is 10. The third kappa shape index (κ3) is 9.76. The van der Waals surface area contributed by atoms with Gasteiger partial charge < -0.3 is 16.0 Å². The minimum Gasteiger partial charge on any atom is -0.325 e. The second-order valence-electron chi connectivity index (χ2n) is 10.5. The van der Waals surface area contributed by atoms with Gasteiger partial charge in [-0.15, -0.1) is 11.8 Å². The van der Waals surface area contributed by atoms with Crippen LogP contribution in [0.5, 0.6) is 0 Å². The Labute approximate surface area is 294 Å². The van der Waals surface area contributed by atoms with Gasteiger partial charge in [0.15, 0.2) is 0 Å². The molecule has 248 valence electrons. The molecule has 6 nitrogen and oxygen atoms in total. The second kappa shape index (κ2) is 15.9. The SMILES string of the molecule is O=C(Nc1cccc(SC(C(=O)Nc2cccc(C(F)(F)F)c2)c2ccccc2)c1)/C(=C\c1ccc(Cl)cc1Cl)NC(=O)c1ccccc1. The summed E-state index contributed by atoms with van der Waals surface area (Å²) >= 11 is 13.5. The average molecular weight is 721 g/mol. The van der Waals surface area contributed by atoms with E-state index in [0.717, 1.165) is 23.9 Å². The van der Waals surface area contributed by atoms with E-state index in [-0.39, 0.29) is 16.4 Å². The first-order valence-corrected chi connectivity index (χ1v) is 16.2. The molecule has 3 N–H and O–H groups in total. The van der Waals surface area contributed by atoms with Gasteiger partial charge >= 0.3 is 6.18 Å². The predicted octanol–water partition coefficient (Wildman–Crippen LogP) is 9.89. The van der Waals surface area contributed by atoms with Gasteiger partial charge in [-0.05, 0) is 77.9 Å². The van der Waals surface area contributed by atoms with Crippen LogP contribution in [0.2, 0.25) is 10.0 Å². The minimum atomic E-state index is -4.57. The molecular weight excluding hydrogens is 694 g/mol. The summed E-state index contributed by atoms with van der Waals surface area (Å²) in [6.45, 7) is 0. The summed E-state index contributed by atoms with van der Waals surface area (Å²) < 4.78 is 39.9. The van der Waals surface area contributed by atoms with Crippen LogP contribution >= 0.6 is 35.0 Å². The fourth-order valence-electron chi connectivity index (χ4n) is 4.58. The zero-order valence-electron chi connectivity index (χ0n) is 25.3. The lowest BCUT2D eigenvalue weighted by atomic mass is 10.1. The van der Waals surface area contributed by atoms with Crippen molar-refractivity contribution in [1.29, 1.82) is 0 Å². The first kappa shape index (κ1) is 35.3. The maximum atomic E-state index is 13.6. The van der Waals surface area contributed by atoms with Crippen molar-refractivity contribution in [2.75, 3.05) is 10.6 Å². The van der Waals surface area contributed by atoms with Crippen LogP contribution in [-0.4, -0.2) is 17.7 Å². The lowest BCUT2D eigenvalue weighted by molar-refractivity contribution is -0.137. The summed E-state index contributed by atoms with van der Waals surface area (Å²) in [5.74, 6) is -1.72. The van der Waals surface area contributed by atoms with Crippen molar-refractivity contribution < 1.29 is 27.6 Å². The Bertz CT molecular complexity index is 2010. The highest BCUT2D eigenvalue weighted by Crippen LogP contribution is 2.38. The Morgan fingerprint density at radius 2 is 1.37 bits per heavy atom. The van der Waals surface area contributed by atoms with E-state index in [1.54, 1.807) is 97.1 Å². The number of benzene rings is 5. The standard InChI is InChI=1S/C37H26Cl2F3N3O3S/c38-27-18-17-25(31(39)21-27)19-32(45-34(46)24-11-5-2-6-12-24)35(47)43-29-15-8-16-30(22-29)49-33(23-9-3-1-4-10-23)36(48)44-28-14-7-13-26(20-28)37(40,41)42/h1-22,33H,(H,43,47)(H,44,48)(H,45,46)/b32-19+. The fourth-order valence-corrected chi connectivity index (χ4v) is 6.13. The van der Waals surface area contributed by atoms with Crippen LogP contribution in [0.25, 0.3) is 6.08 Å². The number of nitrogens with one attached hydrogen (secondary N) is 3. The number of amides is 3. The van der Waals surface area contributed by atoms with Crippen LogP contribution in [0, 0.1) is 0 Å². The van der Waals surface area contributed by atoms with Crippen molar-refractivity contribution in [1.82, 2.24) is 5.32 Å². The summed E-state index contributed by atoms with van der Waals surface area (Å²) in [6, 6.07) is 32.9. The first-order chi connectivity index (χ1) is 23.5. The van der Waals surface area contributed by atoms with E-state index in [4.69, 9.17) is 23.2 Å². The van der Waals surface area contributed by atoms with E-state index in [1.807, 2.05) is 0 Å². The van der Waals surface area contributed by atoms with Gasteiger partial charge in [0.2, 0.25) is 5.91 Å². The van der Waals surface area contributed by atoms with Gasteiger partial charge in [0.05, 0.1) is 5.56 Å². The quantitative estimate of drug-likeness (QED) is 0.0991. The Hall–Kier alpha value is -5.03. The number of carbonyl (C=O) groups is 3. The van der Waals surface area contributed by atoms with Gasteiger partial charge in [0.25, 0.3) is 11.8 Å². The Balaban J connectivity index is 1.39. The molecule has 0 aliphatic heterocycles. The molecule has 0 spiro atoms. The summed E-state index contributed by atoms with van der Waals surface area (Å²) in [4.78, 5) is 40.7. The van der Waals surface area contributed by atoms with Gasteiger partial charge in [-0.3, -0.25) is 14.4 Å². The molecule has 0 radical (unpaired) electrons. The Morgan fingerprint density at radius 1 is 0.714 bits per heavy atom. The van der Waals surface area contributed by atoms with Crippen molar-refractivity contribution >= 4 is 70.1 Å². The van der Waals surface area contributed by atoms with Crippen LogP contribution in [0.1, 0.15) is 32.3 Å². The fraction of sp³-hybridized carbons (Fsp3) is 0.0541. The zero-order chi connectivity index (χ0) is 35.0. The maximum absolute atomic E-state index is 13.6. The lowest BCUT2D eigenvalue weighted by Crippen LogP contribution is -2.30.